The Kier molecular flexibility index (Phi) is 6.28. The van der Waals surface area contributed by atoms with Crippen LogP contribution in [0.25, 0.3) is 11.3 Å². The zero-order valence-electron chi connectivity index (χ0n) is 15.8. The van der Waals surface area contributed by atoms with Crippen molar-refractivity contribution in [3.8, 4) is 11.3 Å². The molecule has 0 spiro atoms. The highest BCUT2D eigenvalue weighted by Gasteiger charge is 2.17. The van der Waals surface area contributed by atoms with Gasteiger partial charge in [-0.2, -0.15) is 10.2 Å². The first-order chi connectivity index (χ1) is 14.0. The molecule has 29 heavy (non-hydrogen) atoms. The molecule has 1 amide bonds. The molecule has 9 heteroatoms. The molecule has 150 valence electrons. The summed E-state index contributed by atoms with van der Waals surface area (Å²) in [7, 11) is 0. The lowest BCUT2D eigenvalue weighted by atomic mass is 10.1. The number of aromatic nitrogens is 4. The number of carbonyl (C=O) groups excluding carboxylic acids is 1. The smallest absolute Gasteiger partial charge is 0.267 e. The molecule has 0 aliphatic rings. The summed E-state index contributed by atoms with van der Waals surface area (Å²) in [5.41, 5.74) is 0.464. The summed E-state index contributed by atoms with van der Waals surface area (Å²) in [6.45, 7) is 2.26. The van der Waals surface area contributed by atoms with Crippen LogP contribution in [0.15, 0.2) is 64.3 Å². The fraction of sp³-hybridized carbons (Fsp3) is 0.250. The molecule has 3 rings (SSSR count). The van der Waals surface area contributed by atoms with E-state index in [0.29, 0.717) is 30.8 Å². The van der Waals surface area contributed by atoms with Gasteiger partial charge in [-0.3, -0.25) is 14.4 Å². The van der Waals surface area contributed by atoms with Gasteiger partial charge in [0.25, 0.3) is 11.1 Å². The molecule has 1 aromatic carbocycles. The number of carbonyl (C=O) groups is 1. The summed E-state index contributed by atoms with van der Waals surface area (Å²) in [5.74, 6) is -0.744. The van der Waals surface area contributed by atoms with Crippen LogP contribution in [0.3, 0.4) is 0 Å². The Balaban J connectivity index is 1.63. The van der Waals surface area contributed by atoms with E-state index in [2.05, 4.69) is 15.5 Å². The topological polar surface area (TPSA) is 98.9 Å². The van der Waals surface area contributed by atoms with Crippen molar-refractivity contribution in [2.45, 2.75) is 25.9 Å². The van der Waals surface area contributed by atoms with Gasteiger partial charge in [0.15, 0.2) is 0 Å². The Labute approximate surface area is 165 Å². The maximum absolute atomic E-state index is 13.1. The van der Waals surface area contributed by atoms with Crippen LogP contribution < -0.4 is 16.4 Å². The minimum Gasteiger partial charge on any atom is -0.354 e. The lowest BCUT2D eigenvalue weighted by Crippen LogP contribution is -2.37. The van der Waals surface area contributed by atoms with Crippen LogP contribution in [-0.4, -0.2) is 32.0 Å². The van der Waals surface area contributed by atoms with Crippen molar-refractivity contribution in [3.05, 3.63) is 81.3 Å². The normalized spacial score (nSPS) is 11.8. The first-order valence-corrected chi connectivity index (χ1v) is 9.11. The second kappa shape index (κ2) is 9.05. The average Bonchev–Trinajstić information content (AvgIpc) is 2.73. The van der Waals surface area contributed by atoms with Gasteiger partial charge in [-0.05, 0) is 49.7 Å². The second-order valence-corrected chi connectivity index (χ2v) is 6.41. The molecule has 8 nitrogen and oxygen atoms in total. The lowest BCUT2D eigenvalue weighted by Gasteiger charge is -2.15. The van der Waals surface area contributed by atoms with Crippen LogP contribution in [0.4, 0.5) is 4.39 Å². The highest BCUT2D eigenvalue weighted by molar-refractivity contribution is 5.79. The van der Waals surface area contributed by atoms with Gasteiger partial charge in [0, 0.05) is 37.0 Å². The summed E-state index contributed by atoms with van der Waals surface area (Å²) in [4.78, 5) is 36.2. The monoisotopic (exact) mass is 397 g/mol. The number of benzene rings is 1. The summed E-state index contributed by atoms with van der Waals surface area (Å²) in [6.07, 6.45) is 2.03. The van der Waals surface area contributed by atoms with Crippen molar-refractivity contribution in [1.82, 2.24) is 24.9 Å². The Morgan fingerprint density at radius 1 is 1.10 bits per heavy atom. The van der Waals surface area contributed by atoms with Crippen molar-refractivity contribution in [2.75, 3.05) is 6.54 Å². The number of nitrogens with zero attached hydrogens (tertiary/aromatic N) is 4. The molecule has 0 radical (unpaired) electrons. The highest BCUT2D eigenvalue weighted by Crippen LogP contribution is 2.16. The van der Waals surface area contributed by atoms with E-state index in [4.69, 9.17) is 0 Å². The molecule has 1 atom stereocenters. The molecular formula is C20H20FN5O3. The van der Waals surface area contributed by atoms with Gasteiger partial charge in [-0.1, -0.05) is 0 Å². The van der Waals surface area contributed by atoms with Crippen molar-refractivity contribution in [1.29, 1.82) is 0 Å². The summed E-state index contributed by atoms with van der Waals surface area (Å²) in [5, 5.41) is 10.9. The van der Waals surface area contributed by atoms with E-state index in [1.165, 1.54) is 41.2 Å². The standard InChI is InChI=1S/C20H20FN5O3/c1-14(20(29)22-11-3-13-25-18(27)4-2-12-23-25)26-19(28)10-9-17(24-26)15-5-7-16(21)8-6-15/h2,4-10,12,14H,3,11,13H2,1H3,(H,22,29). The largest absolute Gasteiger partial charge is 0.354 e. The highest BCUT2D eigenvalue weighted by atomic mass is 19.1. The molecule has 2 aromatic heterocycles. The van der Waals surface area contributed by atoms with Gasteiger partial charge in [0.05, 0.1) is 5.69 Å². The fourth-order valence-corrected chi connectivity index (χ4v) is 2.73. The Hall–Kier alpha value is -3.62. The number of hydrogen-bond donors (Lipinski definition) is 1. The second-order valence-electron chi connectivity index (χ2n) is 6.41. The quantitative estimate of drug-likeness (QED) is 0.607. The van der Waals surface area contributed by atoms with E-state index < -0.39 is 11.6 Å². The van der Waals surface area contributed by atoms with E-state index in [0.717, 1.165) is 4.68 Å². The van der Waals surface area contributed by atoms with Gasteiger partial charge in [-0.25, -0.2) is 13.8 Å². The number of aryl methyl sites for hydroxylation is 1. The number of rotatable bonds is 7. The van der Waals surface area contributed by atoms with E-state index in [1.54, 1.807) is 25.1 Å². The van der Waals surface area contributed by atoms with Crippen LogP contribution >= 0.6 is 0 Å². The number of nitrogens with one attached hydrogen (secondary N) is 1. The minimum atomic E-state index is -0.833. The Morgan fingerprint density at radius 3 is 2.59 bits per heavy atom. The van der Waals surface area contributed by atoms with Crippen LogP contribution in [0.5, 0.6) is 0 Å². The van der Waals surface area contributed by atoms with Crippen molar-refractivity contribution >= 4 is 5.91 Å². The third kappa shape index (κ3) is 5.01. The van der Waals surface area contributed by atoms with Crippen LogP contribution in [0.2, 0.25) is 0 Å². The molecule has 0 fully saturated rings. The number of halogens is 1. The van der Waals surface area contributed by atoms with Crippen LogP contribution in [-0.2, 0) is 11.3 Å². The molecule has 0 saturated heterocycles. The van der Waals surface area contributed by atoms with Crippen molar-refractivity contribution in [3.63, 3.8) is 0 Å². The molecule has 0 aliphatic heterocycles. The summed E-state index contributed by atoms with van der Waals surface area (Å²) < 4.78 is 15.5. The molecule has 2 heterocycles. The van der Waals surface area contributed by atoms with E-state index >= 15 is 0 Å². The van der Waals surface area contributed by atoms with Gasteiger partial charge in [0.2, 0.25) is 5.91 Å². The number of hydrogen-bond acceptors (Lipinski definition) is 5. The minimum absolute atomic E-state index is 0.208. The summed E-state index contributed by atoms with van der Waals surface area (Å²) in [6, 6.07) is 10.7. The van der Waals surface area contributed by atoms with E-state index in [1.807, 2.05) is 0 Å². The molecule has 0 bridgehead atoms. The van der Waals surface area contributed by atoms with Crippen LogP contribution in [0.1, 0.15) is 19.4 Å². The predicted molar refractivity (Wildman–Crippen MR) is 105 cm³/mol. The zero-order chi connectivity index (χ0) is 20.8. The number of amides is 1. The molecular weight excluding hydrogens is 377 g/mol. The van der Waals surface area contributed by atoms with E-state index in [9.17, 15) is 18.8 Å². The Bertz CT molecular complexity index is 1110. The first kappa shape index (κ1) is 20.1. The van der Waals surface area contributed by atoms with Gasteiger partial charge >= 0.3 is 0 Å². The van der Waals surface area contributed by atoms with Crippen molar-refractivity contribution < 1.29 is 9.18 Å². The maximum atomic E-state index is 13.1. The maximum Gasteiger partial charge on any atom is 0.267 e. The SMILES string of the molecule is CC(C(=O)NCCCn1ncccc1=O)n1nc(-c2ccc(F)cc2)ccc1=O. The third-order valence-corrected chi connectivity index (χ3v) is 4.34. The van der Waals surface area contributed by atoms with Crippen molar-refractivity contribution in [2.24, 2.45) is 0 Å². The zero-order valence-corrected chi connectivity index (χ0v) is 15.8. The van der Waals surface area contributed by atoms with Gasteiger partial charge in [-0.15, -0.1) is 0 Å². The Morgan fingerprint density at radius 2 is 1.86 bits per heavy atom. The van der Waals surface area contributed by atoms with Gasteiger partial charge in [0.1, 0.15) is 11.9 Å². The first-order valence-electron chi connectivity index (χ1n) is 9.11. The van der Waals surface area contributed by atoms with E-state index in [-0.39, 0.29) is 17.3 Å². The molecule has 0 aliphatic carbocycles. The molecule has 3 aromatic rings. The molecule has 0 saturated carbocycles. The van der Waals surface area contributed by atoms with Gasteiger partial charge < -0.3 is 5.32 Å². The average molecular weight is 397 g/mol. The third-order valence-electron chi connectivity index (χ3n) is 4.34. The van der Waals surface area contributed by atoms with Crippen LogP contribution in [0, 0.1) is 5.82 Å². The summed E-state index contributed by atoms with van der Waals surface area (Å²) >= 11 is 0. The fourth-order valence-electron chi connectivity index (χ4n) is 2.73. The lowest BCUT2D eigenvalue weighted by molar-refractivity contribution is -0.124. The predicted octanol–water partition coefficient (Wildman–Crippen LogP) is 1.37. The molecule has 1 unspecified atom stereocenters. The molecule has 1 N–H and O–H groups in total.